The molecule has 1 aliphatic heterocycles. The van der Waals surface area contributed by atoms with E-state index >= 15 is 0 Å². The Labute approximate surface area is 74.3 Å². The Kier molecular flexibility index (Phi) is 2.76. The van der Waals surface area contributed by atoms with Crippen molar-refractivity contribution in [2.45, 2.75) is 38.1 Å². The van der Waals surface area contributed by atoms with Crippen LogP contribution in [0.4, 0.5) is 0 Å². The number of likely N-dealkylation sites (N-methyl/N-ethyl adjacent to an activating group) is 1. The van der Waals surface area contributed by atoms with Gasteiger partial charge in [-0.1, -0.05) is 0 Å². The fourth-order valence-electron chi connectivity index (χ4n) is 1.61. The van der Waals surface area contributed by atoms with Crippen LogP contribution in [0.25, 0.3) is 0 Å². The Bertz CT molecular complexity index is 157. The second-order valence-corrected chi connectivity index (χ2v) is 4.36. The molecule has 1 saturated heterocycles. The molecule has 1 rings (SSSR count). The molecule has 0 aromatic heterocycles. The summed E-state index contributed by atoms with van der Waals surface area (Å²) in [5, 5.41) is 9.60. The Hall–Kier alpha value is -0.120. The molecule has 2 unspecified atom stereocenters. The Morgan fingerprint density at radius 1 is 1.50 bits per heavy atom. The van der Waals surface area contributed by atoms with Gasteiger partial charge in [-0.3, -0.25) is 0 Å². The number of rotatable bonds is 2. The van der Waals surface area contributed by atoms with Crippen molar-refractivity contribution in [2.24, 2.45) is 0 Å². The standard InChI is InChI=1S/C9H19NO2/c1-9(2)8(11)5-7(12-9)6-10(3)4/h7-8,11H,5-6H2,1-4H3. The van der Waals surface area contributed by atoms with Crippen LogP contribution in [0.15, 0.2) is 0 Å². The predicted molar refractivity (Wildman–Crippen MR) is 48.1 cm³/mol. The lowest BCUT2D eigenvalue weighted by atomic mass is 10.0. The van der Waals surface area contributed by atoms with E-state index in [1.807, 2.05) is 27.9 Å². The maximum absolute atomic E-state index is 9.60. The first-order chi connectivity index (χ1) is 5.42. The van der Waals surface area contributed by atoms with Gasteiger partial charge in [0, 0.05) is 13.0 Å². The monoisotopic (exact) mass is 173 g/mol. The highest BCUT2D eigenvalue weighted by Crippen LogP contribution is 2.29. The molecule has 12 heavy (non-hydrogen) atoms. The number of aliphatic hydroxyl groups excluding tert-OH is 1. The van der Waals surface area contributed by atoms with Crippen LogP contribution in [0.1, 0.15) is 20.3 Å². The van der Waals surface area contributed by atoms with Gasteiger partial charge in [0.2, 0.25) is 0 Å². The minimum Gasteiger partial charge on any atom is -0.390 e. The van der Waals surface area contributed by atoms with Crippen LogP contribution in [0.2, 0.25) is 0 Å². The van der Waals surface area contributed by atoms with Gasteiger partial charge in [-0.2, -0.15) is 0 Å². The summed E-state index contributed by atoms with van der Waals surface area (Å²) in [6.45, 7) is 4.77. The van der Waals surface area contributed by atoms with Gasteiger partial charge in [-0.05, 0) is 27.9 Å². The van der Waals surface area contributed by atoms with E-state index in [9.17, 15) is 5.11 Å². The summed E-state index contributed by atoms with van der Waals surface area (Å²) in [5.41, 5.74) is -0.360. The lowest BCUT2D eigenvalue weighted by Crippen LogP contribution is -2.32. The van der Waals surface area contributed by atoms with Crippen LogP contribution in [0.5, 0.6) is 0 Å². The van der Waals surface area contributed by atoms with Crippen LogP contribution >= 0.6 is 0 Å². The van der Waals surface area contributed by atoms with Crippen molar-refractivity contribution in [3.8, 4) is 0 Å². The molecule has 1 aliphatic rings. The largest absolute Gasteiger partial charge is 0.390 e. The zero-order valence-corrected chi connectivity index (χ0v) is 8.37. The Balaban J connectivity index is 2.44. The molecular formula is C9H19NO2. The van der Waals surface area contributed by atoms with Gasteiger partial charge in [0.15, 0.2) is 0 Å². The smallest absolute Gasteiger partial charge is 0.0889 e. The summed E-state index contributed by atoms with van der Waals surface area (Å²) in [4.78, 5) is 2.08. The maximum atomic E-state index is 9.60. The van der Waals surface area contributed by atoms with Crippen molar-refractivity contribution in [1.82, 2.24) is 4.90 Å². The quantitative estimate of drug-likeness (QED) is 0.659. The van der Waals surface area contributed by atoms with Crippen molar-refractivity contribution >= 4 is 0 Å². The van der Waals surface area contributed by atoms with Gasteiger partial charge in [-0.15, -0.1) is 0 Å². The molecule has 0 radical (unpaired) electrons. The molecule has 0 aliphatic carbocycles. The van der Waals surface area contributed by atoms with Crippen LogP contribution in [-0.4, -0.2) is 48.5 Å². The van der Waals surface area contributed by atoms with E-state index in [-0.39, 0.29) is 17.8 Å². The average Bonchev–Trinajstić information content (AvgIpc) is 2.04. The number of hydrogen-bond acceptors (Lipinski definition) is 3. The molecule has 0 spiro atoms. The Morgan fingerprint density at radius 2 is 2.08 bits per heavy atom. The minimum absolute atomic E-state index is 0.185. The Morgan fingerprint density at radius 3 is 2.42 bits per heavy atom. The predicted octanol–water partition coefficient (Wildman–Crippen LogP) is 0.476. The fraction of sp³-hybridized carbons (Fsp3) is 1.00. The molecule has 1 N–H and O–H groups in total. The maximum Gasteiger partial charge on any atom is 0.0889 e. The SMILES string of the molecule is CN(C)CC1CC(O)C(C)(C)O1. The van der Waals surface area contributed by atoms with Crippen molar-refractivity contribution in [2.75, 3.05) is 20.6 Å². The van der Waals surface area contributed by atoms with E-state index in [1.165, 1.54) is 0 Å². The number of ether oxygens (including phenoxy) is 1. The summed E-state index contributed by atoms with van der Waals surface area (Å²) in [7, 11) is 4.03. The molecule has 0 aromatic carbocycles. The summed E-state index contributed by atoms with van der Waals surface area (Å²) in [5.74, 6) is 0. The van der Waals surface area contributed by atoms with Gasteiger partial charge < -0.3 is 14.7 Å². The van der Waals surface area contributed by atoms with E-state index in [4.69, 9.17) is 4.74 Å². The van der Waals surface area contributed by atoms with Crippen molar-refractivity contribution in [3.63, 3.8) is 0 Å². The summed E-state index contributed by atoms with van der Waals surface area (Å²) in [6.07, 6.45) is 0.623. The van der Waals surface area contributed by atoms with E-state index in [2.05, 4.69) is 4.90 Å². The van der Waals surface area contributed by atoms with E-state index in [0.29, 0.717) is 0 Å². The topological polar surface area (TPSA) is 32.7 Å². The van der Waals surface area contributed by atoms with Crippen LogP contribution in [-0.2, 0) is 4.74 Å². The second kappa shape index (κ2) is 3.32. The van der Waals surface area contributed by atoms with Crippen LogP contribution in [0, 0.1) is 0 Å². The zero-order chi connectivity index (χ0) is 9.35. The molecule has 0 amide bonds. The van der Waals surface area contributed by atoms with Crippen molar-refractivity contribution < 1.29 is 9.84 Å². The lowest BCUT2D eigenvalue weighted by molar-refractivity contribution is -0.0603. The molecule has 0 bridgehead atoms. The van der Waals surface area contributed by atoms with Crippen LogP contribution in [0.3, 0.4) is 0 Å². The highest BCUT2D eigenvalue weighted by Gasteiger charge is 2.40. The molecule has 3 nitrogen and oxygen atoms in total. The van der Waals surface area contributed by atoms with E-state index in [0.717, 1.165) is 13.0 Å². The molecule has 2 atom stereocenters. The second-order valence-electron chi connectivity index (χ2n) is 4.36. The van der Waals surface area contributed by atoms with Crippen LogP contribution < -0.4 is 0 Å². The van der Waals surface area contributed by atoms with Gasteiger partial charge in [0.1, 0.15) is 0 Å². The molecule has 1 fully saturated rings. The molecular weight excluding hydrogens is 154 g/mol. The molecule has 0 saturated carbocycles. The first kappa shape index (κ1) is 9.96. The van der Waals surface area contributed by atoms with Crippen molar-refractivity contribution in [1.29, 1.82) is 0 Å². The number of hydrogen-bond donors (Lipinski definition) is 1. The number of aliphatic hydroxyl groups is 1. The highest BCUT2D eigenvalue weighted by molar-refractivity contribution is 4.90. The minimum atomic E-state index is -0.360. The van der Waals surface area contributed by atoms with E-state index < -0.39 is 0 Å². The fourth-order valence-corrected chi connectivity index (χ4v) is 1.61. The van der Waals surface area contributed by atoms with Crippen molar-refractivity contribution in [3.05, 3.63) is 0 Å². The normalized spacial score (nSPS) is 34.5. The van der Waals surface area contributed by atoms with E-state index in [1.54, 1.807) is 0 Å². The van der Waals surface area contributed by atoms with Gasteiger partial charge >= 0.3 is 0 Å². The number of nitrogens with zero attached hydrogens (tertiary/aromatic N) is 1. The molecule has 1 heterocycles. The third kappa shape index (κ3) is 2.19. The zero-order valence-electron chi connectivity index (χ0n) is 8.37. The first-order valence-corrected chi connectivity index (χ1v) is 4.42. The summed E-state index contributed by atoms with van der Waals surface area (Å²) >= 11 is 0. The summed E-state index contributed by atoms with van der Waals surface area (Å²) < 4.78 is 5.68. The first-order valence-electron chi connectivity index (χ1n) is 4.42. The van der Waals surface area contributed by atoms with Gasteiger partial charge in [0.05, 0.1) is 17.8 Å². The lowest BCUT2D eigenvalue weighted by Gasteiger charge is -2.22. The average molecular weight is 173 g/mol. The van der Waals surface area contributed by atoms with Gasteiger partial charge in [0.25, 0.3) is 0 Å². The molecule has 3 heteroatoms. The molecule has 0 aromatic rings. The summed E-state index contributed by atoms with van der Waals surface area (Å²) in [6, 6.07) is 0. The third-order valence-corrected chi connectivity index (χ3v) is 2.33. The third-order valence-electron chi connectivity index (χ3n) is 2.33. The highest BCUT2D eigenvalue weighted by atomic mass is 16.5. The van der Waals surface area contributed by atoms with Gasteiger partial charge in [-0.25, -0.2) is 0 Å². The molecule has 72 valence electrons.